The minimum atomic E-state index is -3.49. The van der Waals surface area contributed by atoms with Crippen LogP contribution in [0.1, 0.15) is 30.3 Å². The van der Waals surface area contributed by atoms with Crippen molar-refractivity contribution in [1.82, 2.24) is 24.0 Å². The Morgan fingerprint density at radius 3 is 2.95 bits per heavy atom. The minimum Gasteiger partial charge on any atom is -0.476 e. The van der Waals surface area contributed by atoms with Gasteiger partial charge in [-0.1, -0.05) is 12.1 Å². The highest BCUT2D eigenvalue weighted by molar-refractivity contribution is 7.87. The molecule has 0 aromatic carbocycles. The fraction of sp³-hybridized carbons (Fsp3) is 0.727. The lowest BCUT2D eigenvalue weighted by Gasteiger charge is -2.29. The lowest BCUT2D eigenvalue weighted by Crippen LogP contribution is -2.46. The van der Waals surface area contributed by atoms with Crippen LogP contribution in [-0.4, -0.2) is 58.4 Å². The zero-order chi connectivity index (χ0) is 15.5. The number of carbonyl (C=O) groups is 1. The molecule has 2 rings (SSSR count). The Hall–Kier alpha value is -1.52. The van der Waals surface area contributed by atoms with Gasteiger partial charge in [0, 0.05) is 19.6 Å². The van der Waals surface area contributed by atoms with Crippen molar-refractivity contribution in [2.45, 2.75) is 26.3 Å². The summed E-state index contributed by atoms with van der Waals surface area (Å²) in [5.74, 6) is -0.798. The van der Waals surface area contributed by atoms with Crippen LogP contribution in [0.2, 0.25) is 0 Å². The molecule has 2 N–H and O–H groups in total. The van der Waals surface area contributed by atoms with Gasteiger partial charge in [0.05, 0.1) is 12.7 Å². The molecular formula is C11H19N5O4S. The van der Waals surface area contributed by atoms with Crippen LogP contribution in [0.5, 0.6) is 0 Å². The Bertz CT molecular complexity index is 600. The molecule has 1 aromatic rings. The largest absolute Gasteiger partial charge is 0.476 e. The van der Waals surface area contributed by atoms with Crippen LogP contribution < -0.4 is 4.72 Å². The lowest BCUT2D eigenvalue weighted by atomic mass is 10.0. The topological polar surface area (TPSA) is 117 Å². The molecule has 1 aliphatic heterocycles. The van der Waals surface area contributed by atoms with Gasteiger partial charge in [-0.25, -0.2) is 9.52 Å². The molecule has 9 nitrogen and oxygen atoms in total. The summed E-state index contributed by atoms with van der Waals surface area (Å²) in [5, 5.41) is 15.8. The molecule has 0 aliphatic carbocycles. The molecule has 0 radical (unpaired) electrons. The van der Waals surface area contributed by atoms with Crippen LogP contribution in [-0.2, 0) is 16.8 Å². The van der Waals surface area contributed by atoms with Gasteiger partial charge in [-0.2, -0.15) is 12.7 Å². The first kappa shape index (κ1) is 15.9. The van der Waals surface area contributed by atoms with Crippen molar-refractivity contribution in [2.75, 3.05) is 19.6 Å². The van der Waals surface area contributed by atoms with Crippen molar-refractivity contribution >= 4 is 16.2 Å². The molecule has 1 unspecified atom stereocenters. The first-order valence-corrected chi connectivity index (χ1v) is 8.20. The first-order chi connectivity index (χ1) is 9.88. The Kier molecular flexibility index (Phi) is 4.91. The normalized spacial score (nSPS) is 20.5. The highest BCUT2D eigenvalue weighted by Crippen LogP contribution is 2.17. The predicted octanol–water partition coefficient (Wildman–Crippen LogP) is -0.457. The molecule has 1 fully saturated rings. The number of piperidine rings is 1. The van der Waals surface area contributed by atoms with Gasteiger partial charge in [-0.15, -0.1) is 5.10 Å². The van der Waals surface area contributed by atoms with Gasteiger partial charge in [-0.3, -0.25) is 4.68 Å². The van der Waals surface area contributed by atoms with Crippen LogP contribution in [0.4, 0.5) is 0 Å². The third-order valence-electron chi connectivity index (χ3n) is 3.34. The molecule has 0 amide bonds. The van der Waals surface area contributed by atoms with E-state index in [2.05, 4.69) is 15.0 Å². The number of rotatable bonds is 6. The second-order valence-electron chi connectivity index (χ2n) is 5.18. The van der Waals surface area contributed by atoms with E-state index < -0.39 is 16.2 Å². The standard InChI is InChI=1S/C11H19N5O4S/c1-9-3-2-5-16(7-9)21(19,20)12-4-6-15-8-10(11(17)18)13-14-15/h8-9,12H,2-7H2,1H3,(H,17,18). The van der Waals surface area contributed by atoms with Crippen LogP contribution >= 0.6 is 0 Å². The van der Waals surface area contributed by atoms with Crippen molar-refractivity contribution in [3.05, 3.63) is 11.9 Å². The number of aromatic nitrogens is 3. The minimum absolute atomic E-state index is 0.135. The van der Waals surface area contributed by atoms with E-state index in [1.807, 2.05) is 6.92 Å². The van der Waals surface area contributed by atoms with Crippen molar-refractivity contribution in [3.63, 3.8) is 0 Å². The van der Waals surface area contributed by atoms with E-state index >= 15 is 0 Å². The summed E-state index contributed by atoms with van der Waals surface area (Å²) >= 11 is 0. The molecule has 2 heterocycles. The molecule has 0 bridgehead atoms. The molecule has 1 aliphatic rings. The molecule has 0 saturated carbocycles. The van der Waals surface area contributed by atoms with Crippen LogP contribution in [0.3, 0.4) is 0 Å². The second kappa shape index (κ2) is 6.50. The summed E-state index contributed by atoms with van der Waals surface area (Å²) in [7, 11) is -3.49. The summed E-state index contributed by atoms with van der Waals surface area (Å²) in [5.41, 5.74) is -0.164. The molecule has 1 atom stereocenters. The number of nitrogens with zero attached hydrogens (tertiary/aromatic N) is 4. The van der Waals surface area contributed by atoms with Crippen molar-refractivity contribution in [2.24, 2.45) is 5.92 Å². The fourth-order valence-electron chi connectivity index (χ4n) is 2.25. The molecule has 1 saturated heterocycles. The maximum absolute atomic E-state index is 12.1. The second-order valence-corrected chi connectivity index (χ2v) is 6.93. The van der Waals surface area contributed by atoms with Crippen molar-refractivity contribution in [1.29, 1.82) is 0 Å². The zero-order valence-electron chi connectivity index (χ0n) is 11.8. The third-order valence-corrected chi connectivity index (χ3v) is 4.92. The van der Waals surface area contributed by atoms with Gasteiger partial charge in [0.2, 0.25) is 0 Å². The summed E-state index contributed by atoms with van der Waals surface area (Å²) < 4.78 is 29.5. The molecule has 0 spiro atoms. The lowest BCUT2D eigenvalue weighted by molar-refractivity contribution is 0.0690. The Labute approximate surface area is 123 Å². The number of hydrogen-bond acceptors (Lipinski definition) is 5. The Morgan fingerprint density at radius 1 is 1.57 bits per heavy atom. The summed E-state index contributed by atoms with van der Waals surface area (Å²) in [6.07, 6.45) is 3.18. The summed E-state index contributed by atoms with van der Waals surface area (Å²) in [4.78, 5) is 10.7. The Balaban J connectivity index is 1.85. The van der Waals surface area contributed by atoms with Crippen LogP contribution in [0, 0.1) is 5.92 Å². The maximum Gasteiger partial charge on any atom is 0.358 e. The highest BCUT2D eigenvalue weighted by Gasteiger charge is 2.26. The van der Waals surface area contributed by atoms with E-state index in [0.717, 1.165) is 12.8 Å². The van der Waals surface area contributed by atoms with E-state index in [9.17, 15) is 13.2 Å². The van der Waals surface area contributed by atoms with E-state index in [-0.39, 0.29) is 18.8 Å². The third kappa shape index (κ3) is 4.22. The monoisotopic (exact) mass is 317 g/mol. The van der Waals surface area contributed by atoms with E-state index in [0.29, 0.717) is 19.0 Å². The van der Waals surface area contributed by atoms with E-state index in [4.69, 9.17) is 5.11 Å². The van der Waals surface area contributed by atoms with Crippen molar-refractivity contribution < 1.29 is 18.3 Å². The van der Waals surface area contributed by atoms with Gasteiger partial charge in [0.25, 0.3) is 10.2 Å². The summed E-state index contributed by atoms with van der Waals surface area (Å²) in [6.45, 7) is 3.46. The molecule has 10 heteroatoms. The van der Waals surface area contributed by atoms with Gasteiger partial charge >= 0.3 is 5.97 Å². The Morgan fingerprint density at radius 2 is 2.33 bits per heavy atom. The molecule has 118 valence electrons. The van der Waals surface area contributed by atoms with Gasteiger partial charge in [0.1, 0.15) is 0 Å². The molecule has 1 aromatic heterocycles. The smallest absolute Gasteiger partial charge is 0.358 e. The fourth-order valence-corrected chi connectivity index (χ4v) is 3.60. The van der Waals surface area contributed by atoms with Gasteiger partial charge in [-0.05, 0) is 18.8 Å². The SMILES string of the molecule is CC1CCCN(S(=O)(=O)NCCn2cc(C(=O)O)nn2)C1. The number of nitrogens with one attached hydrogen (secondary N) is 1. The average Bonchev–Trinajstić information content (AvgIpc) is 2.87. The quantitative estimate of drug-likeness (QED) is 0.733. The number of carboxylic acids is 1. The average molecular weight is 317 g/mol. The van der Waals surface area contributed by atoms with Gasteiger partial charge < -0.3 is 5.11 Å². The highest BCUT2D eigenvalue weighted by atomic mass is 32.2. The summed E-state index contributed by atoms with van der Waals surface area (Å²) in [6, 6.07) is 0. The van der Waals surface area contributed by atoms with Crippen LogP contribution in [0.25, 0.3) is 0 Å². The zero-order valence-corrected chi connectivity index (χ0v) is 12.6. The molecular weight excluding hydrogens is 298 g/mol. The van der Waals surface area contributed by atoms with Crippen molar-refractivity contribution in [3.8, 4) is 0 Å². The van der Waals surface area contributed by atoms with Crippen LogP contribution in [0.15, 0.2) is 6.20 Å². The maximum atomic E-state index is 12.1. The number of aromatic carboxylic acids is 1. The number of hydrogen-bond donors (Lipinski definition) is 2. The first-order valence-electron chi connectivity index (χ1n) is 6.76. The van der Waals surface area contributed by atoms with Gasteiger partial charge in [0.15, 0.2) is 5.69 Å². The van der Waals surface area contributed by atoms with E-state index in [1.165, 1.54) is 15.2 Å². The number of carboxylic acid groups (broad SMARTS) is 1. The van der Waals surface area contributed by atoms with E-state index in [1.54, 1.807) is 0 Å². The molecule has 21 heavy (non-hydrogen) atoms. The predicted molar refractivity (Wildman–Crippen MR) is 73.9 cm³/mol.